The minimum absolute atomic E-state index is 0.0586. The first-order valence-electron chi connectivity index (χ1n) is 5.63. The molecule has 1 fully saturated rings. The number of nitrogens with zero attached hydrogens (tertiary/aromatic N) is 2. The Bertz CT molecular complexity index is 393. The van der Waals surface area contributed by atoms with Crippen LogP contribution in [0.1, 0.15) is 35.9 Å². The molecule has 2 rings (SSSR count). The lowest BCUT2D eigenvalue weighted by Gasteiger charge is -2.19. The van der Waals surface area contributed by atoms with Crippen LogP contribution < -0.4 is 0 Å². The molecule has 0 atom stereocenters. The van der Waals surface area contributed by atoms with Crippen molar-refractivity contribution >= 4 is 5.91 Å². The Morgan fingerprint density at radius 2 is 2.50 bits per heavy atom. The summed E-state index contributed by atoms with van der Waals surface area (Å²) in [5, 5.41) is 3.69. The van der Waals surface area contributed by atoms with Crippen molar-refractivity contribution in [3.63, 3.8) is 0 Å². The predicted octanol–water partition coefficient (Wildman–Crippen LogP) is 2.03. The number of carbonyl (C=O) groups excluding carboxylic acids is 1. The molecule has 1 heterocycles. The SMILES string of the molecule is C=CCN(C(=O)c1oncc1CC)C1CC1. The van der Waals surface area contributed by atoms with Gasteiger partial charge >= 0.3 is 0 Å². The van der Waals surface area contributed by atoms with Gasteiger partial charge in [0.05, 0.1) is 6.20 Å². The highest BCUT2D eigenvalue weighted by Gasteiger charge is 2.34. The van der Waals surface area contributed by atoms with E-state index in [9.17, 15) is 4.79 Å². The fraction of sp³-hybridized carbons (Fsp3) is 0.500. The van der Waals surface area contributed by atoms with Crippen LogP contribution >= 0.6 is 0 Å². The number of rotatable bonds is 5. The maximum Gasteiger partial charge on any atom is 0.293 e. The van der Waals surface area contributed by atoms with Gasteiger partial charge < -0.3 is 9.42 Å². The van der Waals surface area contributed by atoms with Gasteiger partial charge in [0.1, 0.15) is 0 Å². The van der Waals surface area contributed by atoms with Gasteiger partial charge in [0, 0.05) is 18.2 Å². The van der Waals surface area contributed by atoms with E-state index in [0.717, 1.165) is 24.8 Å². The van der Waals surface area contributed by atoms with Crippen molar-refractivity contribution in [2.75, 3.05) is 6.54 Å². The molecule has 0 radical (unpaired) electrons. The Morgan fingerprint density at radius 1 is 1.75 bits per heavy atom. The van der Waals surface area contributed by atoms with Crippen molar-refractivity contribution < 1.29 is 9.32 Å². The van der Waals surface area contributed by atoms with Gasteiger partial charge in [-0.15, -0.1) is 6.58 Å². The fourth-order valence-electron chi connectivity index (χ4n) is 1.74. The predicted molar refractivity (Wildman–Crippen MR) is 60.1 cm³/mol. The van der Waals surface area contributed by atoms with Gasteiger partial charge in [-0.1, -0.05) is 18.2 Å². The van der Waals surface area contributed by atoms with E-state index in [4.69, 9.17) is 4.52 Å². The van der Waals surface area contributed by atoms with Gasteiger partial charge in [-0.2, -0.15) is 0 Å². The van der Waals surface area contributed by atoms with Crippen LogP contribution in [-0.2, 0) is 6.42 Å². The highest BCUT2D eigenvalue weighted by molar-refractivity contribution is 5.93. The number of amides is 1. The molecular weight excluding hydrogens is 204 g/mol. The average molecular weight is 220 g/mol. The lowest BCUT2D eigenvalue weighted by atomic mass is 10.2. The molecule has 0 saturated heterocycles. The molecule has 1 aliphatic carbocycles. The smallest absolute Gasteiger partial charge is 0.293 e. The summed E-state index contributed by atoms with van der Waals surface area (Å²) in [5.41, 5.74) is 0.875. The van der Waals surface area contributed by atoms with Crippen LogP contribution in [0.5, 0.6) is 0 Å². The molecule has 16 heavy (non-hydrogen) atoms. The normalized spacial score (nSPS) is 14.8. The number of aromatic nitrogens is 1. The standard InChI is InChI=1S/C12H16N2O2/c1-3-7-14(10-5-6-10)12(15)11-9(4-2)8-13-16-11/h3,8,10H,1,4-7H2,2H3. The quantitative estimate of drug-likeness (QED) is 0.713. The molecule has 1 aliphatic rings. The monoisotopic (exact) mass is 220 g/mol. The molecule has 1 saturated carbocycles. The lowest BCUT2D eigenvalue weighted by Crippen LogP contribution is -2.33. The van der Waals surface area contributed by atoms with Crippen LogP contribution in [0, 0.1) is 0 Å². The molecule has 0 N–H and O–H groups in total. The Labute approximate surface area is 94.9 Å². The first-order valence-corrected chi connectivity index (χ1v) is 5.63. The average Bonchev–Trinajstić information content (AvgIpc) is 3.01. The molecule has 4 heteroatoms. The lowest BCUT2D eigenvalue weighted by molar-refractivity contribution is 0.0719. The maximum absolute atomic E-state index is 12.2. The Morgan fingerprint density at radius 3 is 3.06 bits per heavy atom. The van der Waals surface area contributed by atoms with Crippen molar-refractivity contribution in [1.29, 1.82) is 0 Å². The van der Waals surface area contributed by atoms with Gasteiger partial charge in [-0.05, 0) is 19.3 Å². The minimum atomic E-state index is -0.0586. The molecule has 1 aromatic rings. The summed E-state index contributed by atoms with van der Waals surface area (Å²) in [5.74, 6) is 0.327. The second-order valence-electron chi connectivity index (χ2n) is 4.01. The van der Waals surface area contributed by atoms with E-state index in [0.29, 0.717) is 18.3 Å². The third-order valence-corrected chi connectivity index (χ3v) is 2.79. The van der Waals surface area contributed by atoms with E-state index in [1.54, 1.807) is 12.3 Å². The van der Waals surface area contributed by atoms with Crippen molar-refractivity contribution in [3.05, 3.63) is 30.2 Å². The molecule has 0 spiro atoms. The maximum atomic E-state index is 12.2. The number of carbonyl (C=O) groups is 1. The summed E-state index contributed by atoms with van der Waals surface area (Å²) >= 11 is 0. The molecule has 0 aromatic carbocycles. The Kier molecular flexibility index (Phi) is 3.08. The molecule has 1 aromatic heterocycles. The second-order valence-corrected chi connectivity index (χ2v) is 4.01. The summed E-state index contributed by atoms with van der Waals surface area (Å²) in [7, 11) is 0. The number of hydrogen-bond acceptors (Lipinski definition) is 3. The zero-order chi connectivity index (χ0) is 11.5. The second kappa shape index (κ2) is 4.51. The highest BCUT2D eigenvalue weighted by atomic mass is 16.5. The van der Waals surface area contributed by atoms with E-state index in [-0.39, 0.29) is 5.91 Å². The largest absolute Gasteiger partial charge is 0.351 e. The molecule has 0 unspecified atom stereocenters. The van der Waals surface area contributed by atoms with Crippen LogP contribution in [0.4, 0.5) is 0 Å². The molecule has 4 nitrogen and oxygen atoms in total. The van der Waals surface area contributed by atoms with E-state index in [2.05, 4.69) is 11.7 Å². The van der Waals surface area contributed by atoms with E-state index in [1.807, 2.05) is 11.8 Å². The van der Waals surface area contributed by atoms with Crippen molar-refractivity contribution in [2.45, 2.75) is 32.2 Å². The van der Waals surface area contributed by atoms with Crippen LogP contribution in [0.15, 0.2) is 23.4 Å². The first-order chi connectivity index (χ1) is 7.77. The zero-order valence-electron chi connectivity index (χ0n) is 9.48. The van der Waals surface area contributed by atoms with Crippen LogP contribution in [0.2, 0.25) is 0 Å². The van der Waals surface area contributed by atoms with Crippen molar-refractivity contribution in [2.24, 2.45) is 0 Å². The minimum Gasteiger partial charge on any atom is -0.351 e. The Balaban J connectivity index is 2.18. The van der Waals surface area contributed by atoms with Crippen LogP contribution in [0.25, 0.3) is 0 Å². The summed E-state index contributed by atoms with van der Waals surface area (Å²) in [6.07, 6.45) is 6.28. The molecule has 0 bridgehead atoms. The van der Waals surface area contributed by atoms with E-state index >= 15 is 0 Å². The third kappa shape index (κ3) is 2.01. The summed E-state index contributed by atoms with van der Waals surface area (Å²) in [6.45, 7) is 6.24. The summed E-state index contributed by atoms with van der Waals surface area (Å²) < 4.78 is 5.05. The van der Waals surface area contributed by atoms with Gasteiger partial charge in [-0.3, -0.25) is 4.79 Å². The fourth-order valence-corrected chi connectivity index (χ4v) is 1.74. The summed E-state index contributed by atoms with van der Waals surface area (Å²) in [4.78, 5) is 14.0. The van der Waals surface area contributed by atoms with Gasteiger partial charge in [0.15, 0.2) is 0 Å². The van der Waals surface area contributed by atoms with E-state index in [1.165, 1.54) is 0 Å². The topological polar surface area (TPSA) is 46.3 Å². The molecule has 0 aliphatic heterocycles. The van der Waals surface area contributed by atoms with Crippen molar-refractivity contribution in [3.8, 4) is 0 Å². The molecule has 86 valence electrons. The Hall–Kier alpha value is -1.58. The zero-order valence-corrected chi connectivity index (χ0v) is 9.48. The van der Waals surface area contributed by atoms with Crippen LogP contribution in [0.3, 0.4) is 0 Å². The van der Waals surface area contributed by atoms with Crippen LogP contribution in [-0.4, -0.2) is 28.6 Å². The first kappa shape index (κ1) is 10.9. The summed E-state index contributed by atoms with van der Waals surface area (Å²) in [6, 6.07) is 0.361. The van der Waals surface area contributed by atoms with Gasteiger partial charge in [0.2, 0.25) is 5.76 Å². The molecule has 1 amide bonds. The molecular formula is C12H16N2O2. The van der Waals surface area contributed by atoms with Gasteiger partial charge in [0.25, 0.3) is 5.91 Å². The van der Waals surface area contributed by atoms with Gasteiger partial charge in [-0.25, -0.2) is 0 Å². The van der Waals surface area contributed by atoms with Crippen molar-refractivity contribution in [1.82, 2.24) is 10.1 Å². The highest BCUT2D eigenvalue weighted by Crippen LogP contribution is 2.28. The number of hydrogen-bond donors (Lipinski definition) is 0. The third-order valence-electron chi connectivity index (χ3n) is 2.79. The van der Waals surface area contributed by atoms with E-state index < -0.39 is 0 Å². The number of aryl methyl sites for hydroxylation is 1.